The van der Waals surface area contributed by atoms with E-state index in [1.54, 1.807) is 0 Å². The van der Waals surface area contributed by atoms with Crippen LogP contribution in [0.5, 0.6) is 5.75 Å². The van der Waals surface area contributed by atoms with Crippen LogP contribution in [0.3, 0.4) is 0 Å². The molecule has 0 atom stereocenters. The van der Waals surface area contributed by atoms with Crippen molar-refractivity contribution in [2.75, 3.05) is 0 Å². The first kappa shape index (κ1) is 15.4. The van der Waals surface area contributed by atoms with Crippen LogP contribution in [0.25, 0.3) is 6.08 Å². The van der Waals surface area contributed by atoms with Gasteiger partial charge in [0.25, 0.3) is 0 Å². The first-order chi connectivity index (χ1) is 9.24. The SMILES string of the molecule is C=CC(=O)Oc1cc(C(F)(F)F)ccc1/C=C/[N+](=O)[O-]. The van der Waals surface area contributed by atoms with Crippen molar-refractivity contribution in [3.63, 3.8) is 0 Å². The predicted molar refractivity (Wildman–Crippen MR) is 63.3 cm³/mol. The van der Waals surface area contributed by atoms with Crippen LogP contribution >= 0.6 is 0 Å². The van der Waals surface area contributed by atoms with E-state index in [2.05, 4.69) is 11.3 Å². The molecule has 0 radical (unpaired) electrons. The monoisotopic (exact) mass is 287 g/mol. The molecule has 5 nitrogen and oxygen atoms in total. The number of esters is 1. The summed E-state index contributed by atoms with van der Waals surface area (Å²) in [5.74, 6) is -1.41. The third-order valence-electron chi connectivity index (χ3n) is 2.09. The van der Waals surface area contributed by atoms with Gasteiger partial charge in [0.15, 0.2) is 0 Å². The van der Waals surface area contributed by atoms with E-state index in [-0.39, 0.29) is 5.56 Å². The lowest BCUT2D eigenvalue weighted by Crippen LogP contribution is -2.08. The molecule has 1 aromatic carbocycles. The molecule has 8 heteroatoms. The minimum absolute atomic E-state index is 0.0371. The van der Waals surface area contributed by atoms with Gasteiger partial charge >= 0.3 is 12.1 Å². The smallest absolute Gasteiger partial charge is 0.416 e. The van der Waals surface area contributed by atoms with Crippen LogP contribution in [-0.4, -0.2) is 10.9 Å². The van der Waals surface area contributed by atoms with Gasteiger partial charge in [-0.3, -0.25) is 10.1 Å². The van der Waals surface area contributed by atoms with E-state index in [4.69, 9.17) is 0 Å². The summed E-state index contributed by atoms with van der Waals surface area (Å²) in [5.41, 5.74) is -1.08. The Morgan fingerprint density at radius 1 is 1.40 bits per heavy atom. The van der Waals surface area contributed by atoms with Crippen molar-refractivity contribution in [1.29, 1.82) is 0 Å². The summed E-state index contributed by atoms with van der Waals surface area (Å²) < 4.78 is 42.3. The Labute approximate surface area is 111 Å². The van der Waals surface area contributed by atoms with Crippen molar-refractivity contribution in [1.82, 2.24) is 0 Å². The minimum Gasteiger partial charge on any atom is -0.423 e. The van der Waals surface area contributed by atoms with Crippen molar-refractivity contribution >= 4 is 12.0 Å². The molecule has 1 aromatic rings. The maximum Gasteiger partial charge on any atom is 0.416 e. The molecule has 0 aliphatic heterocycles. The fourth-order valence-electron chi connectivity index (χ4n) is 1.23. The maximum absolute atomic E-state index is 12.5. The Morgan fingerprint density at radius 3 is 2.55 bits per heavy atom. The zero-order valence-corrected chi connectivity index (χ0v) is 9.89. The van der Waals surface area contributed by atoms with Crippen LogP contribution in [-0.2, 0) is 11.0 Å². The van der Waals surface area contributed by atoms with E-state index >= 15 is 0 Å². The topological polar surface area (TPSA) is 69.4 Å². The van der Waals surface area contributed by atoms with Crippen molar-refractivity contribution in [3.8, 4) is 5.75 Å². The number of nitro groups is 1. The highest BCUT2D eigenvalue weighted by Crippen LogP contribution is 2.33. The molecule has 0 saturated heterocycles. The minimum atomic E-state index is -4.62. The Morgan fingerprint density at radius 2 is 2.05 bits per heavy atom. The van der Waals surface area contributed by atoms with Crippen LogP contribution in [0.2, 0.25) is 0 Å². The molecule has 106 valence electrons. The van der Waals surface area contributed by atoms with E-state index in [9.17, 15) is 28.1 Å². The van der Waals surface area contributed by atoms with Crippen LogP contribution in [0.15, 0.2) is 37.1 Å². The summed E-state index contributed by atoms with van der Waals surface area (Å²) in [5, 5.41) is 10.2. The Balaban J connectivity index is 3.26. The Kier molecular flexibility index (Phi) is 4.63. The third kappa shape index (κ3) is 4.23. The zero-order chi connectivity index (χ0) is 15.3. The van der Waals surface area contributed by atoms with Gasteiger partial charge in [0.1, 0.15) is 5.75 Å². The lowest BCUT2D eigenvalue weighted by Gasteiger charge is -2.10. The first-order valence-corrected chi connectivity index (χ1v) is 5.11. The van der Waals surface area contributed by atoms with Gasteiger partial charge in [0.2, 0.25) is 6.20 Å². The van der Waals surface area contributed by atoms with Crippen molar-refractivity contribution in [2.45, 2.75) is 6.18 Å². The summed E-state index contributed by atoms with van der Waals surface area (Å²) in [6, 6.07) is 2.28. The Hall–Kier alpha value is -2.64. The summed E-state index contributed by atoms with van der Waals surface area (Å²) in [4.78, 5) is 20.5. The van der Waals surface area contributed by atoms with Crippen molar-refractivity contribution in [2.24, 2.45) is 0 Å². The van der Waals surface area contributed by atoms with Crippen molar-refractivity contribution < 1.29 is 27.6 Å². The number of nitrogens with zero attached hydrogens (tertiary/aromatic N) is 1. The summed E-state index contributed by atoms with van der Waals surface area (Å²) in [7, 11) is 0. The largest absolute Gasteiger partial charge is 0.423 e. The Bertz CT molecular complexity index is 579. The van der Waals surface area contributed by atoms with E-state index < -0.39 is 28.4 Å². The molecule has 0 saturated carbocycles. The number of rotatable bonds is 4. The number of alkyl halides is 3. The molecule has 0 aromatic heterocycles. The molecule has 0 fully saturated rings. The van der Waals surface area contributed by atoms with Crippen LogP contribution in [0, 0.1) is 10.1 Å². The second kappa shape index (κ2) is 6.00. The van der Waals surface area contributed by atoms with Gasteiger partial charge in [0.05, 0.1) is 10.5 Å². The normalized spacial score (nSPS) is 11.3. The van der Waals surface area contributed by atoms with Crippen LogP contribution < -0.4 is 4.74 Å². The number of hydrogen-bond acceptors (Lipinski definition) is 4. The van der Waals surface area contributed by atoms with Crippen molar-refractivity contribution in [3.05, 3.63) is 58.3 Å². The van der Waals surface area contributed by atoms with Gasteiger partial charge < -0.3 is 4.74 Å². The molecular weight excluding hydrogens is 279 g/mol. The molecule has 20 heavy (non-hydrogen) atoms. The maximum atomic E-state index is 12.5. The second-order valence-electron chi connectivity index (χ2n) is 3.48. The average molecular weight is 287 g/mol. The second-order valence-corrected chi connectivity index (χ2v) is 3.48. The molecule has 0 amide bonds. The van der Waals surface area contributed by atoms with Gasteiger partial charge in [0, 0.05) is 17.7 Å². The third-order valence-corrected chi connectivity index (χ3v) is 2.09. The lowest BCUT2D eigenvalue weighted by molar-refractivity contribution is -0.400. The highest BCUT2D eigenvalue weighted by atomic mass is 19.4. The molecule has 1 rings (SSSR count). The van der Waals surface area contributed by atoms with Gasteiger partial charge in [-0.05, 0) is 12.1 Å². The van der Waals surface area contributed by atoms with Gasteiger partial charge in [-0.25, -0.2) is 4.79 Å². The van der Waals surface area contributed by atoms with Crippen LogP contribution in [0.1, 0.15) is 11.1 Å². The van der Waals surface area contributed by atoms with E-state index in [1.807, 2.05) is 0 Å². The summed E-state index contributed by atoms with van der Waals surface area (Å²) in [6.07, 6.45) is -2.42. The standard InChI is InChI=1S/C12H8F3NO4/c1-2-11(17)20-10-7-9(12(13,14)15)4-3-8(10)5-6-16(18)19/h2-7H,1H2/b6-5+. The van der Waals surface area contributed by atoms with E-state index in [0.29, 0.717) is 12.3 Å². The molecular formula is C12H8F3NO4. The number of ether oxygens (including phenoxy) is 1. The number of hydrogen-bond donors (Lipinski definition) is 0. The summed E-state index contributed by atoms with van der Waals surface area (Å²) >= 11 is 0. The number of benzene rings is 1. The molecule has 0 bridgehead atoms. The van der Waals surface area contributed by atoms with E-state index in [0.717, 1.165) is 24.3 Å². The van der Waals surface area contributed by atoms with Gasteiger partial charge in [-0.2, -0.15) is 13.2 Å². The first-order valence-electron chi connectivity index (χ1n) is 5.11. The quantitative estimate of drug-likeness (QED) is 0.280. The van der Waals surface area contributed by atoms with E-state index in [1.165, 1.54) is 0 Å². The molecule has 0 aliphatic carbocycles. The average Bonchev–Trinajstić information content (AvgIpc) is 2.35. The predicted octanol–water partition coefficient (Wildman–Crippen LogP) is 3.04. The van der Waals surface area contributed by atoms with Gasteiger partial charge in [-0.1, -0.05) is 12.6 Å². The van der Waals surface area contributed by atoms with Crippen LogP contribution in [0.4, 0.5) is 13.2 Å². The fraction of sp³-hybridized carbons (Fsp3) is 0.0833. The number of carbonyl (C=O) groups excluding carboxylic acids is 1. The highest BCUT2D eigenvalue weighted by Gasteiger charge is 2.31. The molecule has 0 N–H and O–H groups in total. The fourth-order valence-corrected chi connectivity index (χ4v) is 1.23. The number of carbonyl (C=O) groups is 1. The molecule has 0 heterocycles. The molecule has 0 unspecified atom stereocenters. The molecule has 0 aliphatic rings. The molecule has 0 spiro atoms. The number of halogens is 3. The highest BCUT2D eigenvalue weighted by molar-refractivity contribution is 5.84. The summed E-state index contributed by atoms with van der Waals surface area (Å²) in [6.45, 7) is 3.11. The lowest BCUT2D eigenvalue weighted by atomic mass is 10.1. The zero-order valence-electron chi connectivity index (χ0n) is 9.89. The van der Waals surface area contributed by atoms with Gasteiger partial charge in [-0.15, -0.1) is 0 Å².